The first kappa shape index (κ1) is 23.6. The topological polar surface area (TPSA) is 38.8 Å². The molecule has 1 aromatic carbocycles. The van der Waals surface area contributed by atoms with E-state index >= 15 is 4.39 Å². The standard InChI is InChI=1S/C26H30F3NO3/c1-15(27)7-19(16(2)28)14-30-20-5-6-21(30)13-26(29,12-20)11-18-8-17-9-23(32-3)24(33-4)10-22(17)25(18)31/h7,9-10,18,20-21H,1-2,5-6,8,11-14H2,3-4H3. The van der Waals surface area contributed by atoms with Gasteiger partial charge in [0.15, 0.2) is 17.3 Å². The quantitative estimate of drug-likeness (QED) is 0.467. The van der Waals surface area contributed by atoms with E-state index in [4.69, 9.17) is 9.47 Å². The summed E-state index contributed by atoms with van der Waals surface area (Å²) in [6, 6.07) is 3.33. The number of Topliss-reactive ketones (excluding diaryl/α,β-unsaturated/α-hetero) is 1. The Morgan fingerprint density at radius 1 is 1.15 bits per heavy atom. The fourth-order valence-electron chi connectivity index (χ4n) is 5.91. The highest BCUT2D eigenvalue weighted by molar-refractivity contribution is 6.03. The largest absolute Gasteiger partial charge is 0.493 e. The molecule has 2 fully saturated rings. The van der Waals surface area contributed by atoms with Gasteiger partial charge in [-0.05, 0) is 62.3 Å². The molecule has 1 aromatic rings. The lowest BCUT2D eigenvalue weighted by Crippen LogP contribution is -2.50. The Balaban J connectivity index is 1.47. The molecule has 0 spiro atoms. The van der Waals surface area contributed by atoms with Crippen LogP contribution in [0.2, 0.25) is 0 Å². The molecule has 33 heavy (non-hydrogen) atoms. The third kappa shape index (κ3) is 4.60. The van der Waals surface area contributed by atoms with Crippen LogP contribution in [0.25, 0.3) is 0 Å². The van der Waals surface area contributed by atoms with Crippen LogP contribution in [0.3, 0.4) is 0 Å². The number of alkyl halides is 1. The lowest BCUT2D eigenvalue weighted by molar-refractivity contribution is 0.00108. The summed E-state index contributed by atoms with van der Waals surface area (Å²) in [5.74, 6) is -0.881. The minimum absolute atomic E-state index is 0.0573. The Bertz CT molecular complexity index is 1000. The van der Waals surface area contributed by atoms with E-state index in [2.05, 4.69) is 18.1 Å². The van der Waals surface area contributed by atoms with Crippen molar-refractivity contribution in [2.24, 2.45) is 5.92 Å². The number of nitrogens with zero attached hydrogens (tertiary/aromatic N) is 1. The highest BCUT2D eigenvalue weighted by atomic mass is 19.1. The zero-order chi connectivity index (χ0) is 23.9. The van der Waals surface area contributed by atoms with Gasteiger partial charge in [0.2, 0.25) is 0 Å². The molecule has 0 radical (unpaired) electrons. The fraction of sp³-hybridized carbons (Fsp3) is 0.500. The van der Waals surface area contributed by atoms with E-state index in [9.17, 15) is 13.6 Å². The van der Waals surface area contributed by atoms with Gasteiger partial charge in [-0.25, -0.2) is 13.2 Å². The van der Waals surface area contributed by atoms with Crippen LogP contribution in [0.1, 0.15) is 48.0 Å². The molecule has 4 rings (SSSR count). The number of ketones is 1. The van der Waals surface area contributed by atoms with Crippen molar-refractivity contribution >= 4 is 5.78 Å². The second kappa shape index (κ2) is 9.01. The van der Waals surface area contributed by atoms with Crippen LogP contribution >= 0.6 is 0 Å². The molecule has 2 aliphatic heterocycles. The first-order valence-electron chi connectivity index (χ1n) is 11.3. The summed E-state index contributed by atoms with van der Waals surface area (Å²) in [4.78, 5) is 15.1. The highest BCUT2D eigenvalue weighted by Gasteiger charge is 2.51. The third-order valence-corrected chi connectivity index (χ3v) is 7.33. The Morgan fingerprint density at radius 2 is 1.76 bits per heavy atom. The van der Waals surface area contributed by atoms with E-state index in [1.165, 1.54) is 7.11 Å². The summed E-state index contributed by atoms with van der Waals surface area (Å²) in [7, 11) is 3.06. The number of methoxy groups -OCH3 is 2. The van der Waals surface area contributed by atoms with Crippen LogP contribution in [0, 0.1) is 5.92 Å². The van der Waals surface area contributed by atoms with Crippen LogP contribution in [-0.2, 0) is 6.42 Å². The molecule has 178 valence electrons. The van der Waals surface area contributed by atoms with Crippen molar-refractivity contribution in [1.29, 1.82) is 0 Å². The average Bonchev–Trinajstić information content (AvgIpc) is 3.18. The lowest BCUT2D eigenvalue weighted by atomic mass is 9.79. The van der Waals surface area contributed by atoms with Crippen molar-refractivity contribution in [2.45, 2.75) is 56.3 Å². The number of hydrogen-bond donors (Lipinski definition) is 0. The van der Waals surface area contributed by atoms with Crippen LogP contribution in [-0.4, -0.2) is 49.2 Å². The number of fused-ring (bicyclic) bond motifs is 3. The molecule has 3 aliphatic rings. The van der Waals surface area contributed by atoms with Crippen molar-refractivity contribution in [3.63, 3.8) is 0 Å². The Kier molecular flexibility index (Phi) is 6.45. The predicted octanol–water partition coefficient (Wildman–Crippen LogP) is 5.68. The number of carbonyl (C=O) groups excluding carboxylic acids is 1. The lowest BCUT2D eigenvalue weighted by Gasteiger charge is -2.43. The van der Waals surface area contributed by atoms with Gasteiger partial charge >= 0.3 is 0 Å². The second-order valence-corrected chi connectivity index (χ2v) is 9.47. The van der Waals surface area contributed by atoms with Gasteiger partial charge in [-0.2, -0.15) is 0 Å². The summed E-state index contributed by atoms with van der Waals surface area (Å²) in [6.07, 6.45) is 3.84. The zero-order valence-electron chi connectivity index (χ0n) is 19.1. The summed E-state index contributed by atoms with van der Waals surface area (Å²) < 4.78 is 53.9. The van der Waals surface area contributed by atoms with Crippen molar-refractivity contribution in [2.75, 3.05) is 20.8 Å². The van der Waals surface area contributed by atoms with Gasteiger partial charge in [-0.1, -0.05) is 13.2 Å². The molecule has 3 atom stereocenters. The van der Waals surface area contributed by atoms with Crippen molar-refractivity contribution in [3.8, 4) is 11.5 Å². The fourth-order valence-corrected chi connectivity index (χ4v) is 5.91. The zero-order valence-corrected chi connectivity index (χ0v) is 19.1. The van der Waals surface area contributed by atoms with E-state index < -0.39 is 23.2 Å². The van der Waals surface area contributed by atoms with Crippen molar-refractivity contribution < 1.29 is 27.4 Å². The van der Waals surface area contributed by atoms with Crippen LogP contribution in [0.4, 0.5) is 13.2 Å². The van der Waals surface area contributed by atoms with Gasteiger partial charge in [0, 0.05) is 35.7 Å². The van der Waals surface area contributed by atoms with Gasteiger partial charge in [0.05, 0.1) is 14.2 Å². The van der Waals surface area contributed by atoms with Crippen LogP contribution < -0.4 is 9.47 Å². The normalized spacial score (nSPS) is 29.2. The first-order valence-corrected chi connectivity index (χ1v) is 11.3. The maximum atomic E-state index is 16.1. The average molecular weight is 462 g/mol. The Hall–Kier alpha value is -2.54. The Labute approximate surface area is 192 Å². The minimum Gasteiger partial charge on any atom is -0.493 e. The molecule has 0 saturated carbocycles. The molecular weight excluding hydrogens is 431 g/mol. The minimum atomic E-state index is -1.47. The number of ether oxygens (including phenoxy) is 2. The molecule has 0 amide bonds. The number of hydrogen-bond acceptors (Lipinski definition) is 4. The molecule has 1 aliphatic carbocycles. The van der Waals surface area contributed by atoms with Crippen molar-refractivity contribution in [1.82, 2.24) is 4.90 Å². The number of benzene rings is 1. The number of rotatable bonds is 8. The highest BCUT2D eigenvalue weighted by Crippen LogP contribution is 2.48. The van der Waals surface area contributed by atoms with Gasteiger partial charge in [-0.3, -0.25) is 9.69 Å². The van der Waals surface area contributed by atoms with Crippen LogP contribution in [0.5, 0.6) is 11.5 Å². The van der Waals surface area contributed by atoms with Gasteiger partial charge in [0.1, 0.15) is 17.3 Å². The number of allylic oxidation sites excluding steroid dienone is 2. The Morgan fingerprint density at radius 3 is 2.30 bits per heavy atom. The second-order valence-electron chi connectivity index (χ2n) is 9.47. The van der Waals surface area contributed by atoms with Gasteiger partial charge in [0.25, 0.3) is 0 Å². The van der Waals surface area contributed by atoms with E-state index in [-0.39, 0.29) is 49.2 Å². The maximum Gasteiger partial charge on any atom is 0.166 e. The SMILES string of the molecule is C=C(F)C=C(CN1C2CCC1CC(F)(CC1Cc3cc(OC)c(OC)cc3C1=O)C2)C(=C)F. The number of carbonyl (C=O) groups is 1. The molecule has 0 aromatic heterocycles. The molecule has 3 unspecified atom stereocenters. The molecule has 7 heteroatoms. The van der Waals surface area contributed by atoms with Crippen molar-refractivity contribution in [3.05, 3.63) is 59.7 Å². The summed E-state index contributed by atoms with van der Waals surface area (Å²) in [5.41, 5.74) is 0.0906. The third-order valence-electron chi connectivity index (χ3n) is 7.33. The summed E-state index contributed by atoms with van der Waals surface area (Å²) in [5, 5.41) is 0. The molecule has 0 N–H and O–H groups in total. The van der Waals surface area contributed by atoms with E-state index in [1.54, 1.807) is 19.2 Å². The molecule has 2 bridgehead atoms. The van der Waals surface area contributed by atoms with Gasteiger partial charge < -0.3 is 9.47 Å². The molecule has 4 nitrogen and oxygen atoms in total. The summed E-state index contributed by atoms with van der Waals surface area (Å²) >= 11 is 0. The summed E-state index contributed by atoms with van der Waals surface area (Å²) in [6.45, 7) is 6.65. The van der Waals surface area contributed by atoms with E-state index in [0.29, 0.717) is 23.5 Å². The number of halogens is 3. The predicted molar refractivity (Wildman–Crippen MR) is 121 cm³/mol. The molecule has 2 heterocycles. The first-order chi connectivity index (χ1) is 15.6. The monoisotopic (exact) mass is 461 g/mol. The maximum absolute atomic E-state index is 16.1. The molecular formula is C26H30F3NO3. The smallest absolute Gasteiger partial charge is 0.166 e. The van der Waals surface area contributed by atoms with Crippen LogP contribution in [0.15, 0.2) is 48.6 Å². The van der Waals surface area contributed by atoms with E-state index in [0.717, 1.165) is 24.5 Å². The molecule has 2 saturated heterocycles. The number of piperidine rings is 1. The van der Waals surface area contributed by atoms with Gasteiger partial charge in [-0.15, -0.1) is 0 Å². The van der Waals surface area contributed by atoms with E-state index in [1.807, 2.05) is 0 Å².